The highest BCUT2D eigenvalue weighted by molar-refractivity contribution is 5.69. The maximum absolute atomic E-state index is 12.4. The lowest BCUT2D eigenvalue weighted by molar-refractivity contribution is 0.0104. The number of amides is 1. The summed E-state index contributed by atoms with van der Waals surface area (Å²) in [6, 6.07) is 9.60. The Bertz CT molecular complexity index is 729. The molecule has 0 spiro atoms. The Kier molecular flexibility index (Phi) is 4.60. The number of aromatic nitrogens is 2. The molecule has 0 saturated carbocycles. The minimum Gasteiger partial charge on any atom is -0.444 e. The molecule has 0 fully saturated rings. The average molecular weight is 330 g/mol. The molecule has 2 N–H and O–H groups in total. The van der Waals surface area contributed by atoms with Gasteiger partial charge in [-0.3, -0.25) is 0 Å². The van der Waals surface area contributed by atoms with E-state index in [2.05, 4.69) is 5.10 Å². The predicted molar refractivity (Wildman–Crippen MR) is 95.0 cm³/mol. The molecule has 0 radical (unpaired) electrons. The molecule has 2 rings (SSSR count). The smallest absolute Gasteiger partial charge is 0.410 e. The van der Waals surface area contributed by atoms with Crippen molar-refractivity contribution < 1.29 is 9.53 Å². The molecule has 1 heterocycles. The number of anilines is 1. The number of hydrogen-bond donors (Lipinski definition) is 1. The third kappa shape index (κ3) is 3.88. The van der Waals surface area contributed by atoms with Crippen LogP contribution in [0.4, 0.5) is 10.6 Å². The number of ether oxygens (including phenoxy) is 1. The zero-order chi connectivity index (χ0) is 18.1. The largest absolute Gasteiger partial charge is 0.444 e. The summed E-state index contributed by atoms with van der Waals surface area (Å²) in [5, 5.41) is 4.22. The van der Waals surface area contributed by atoms with Crippen molar-refractivity contribution >= 4 is 11.9 Å². The fourth-order valence-electron chi connectivity index (χ4n) is 2.26. The van der Waals surface area contributed by atoms with Gasteiger partial charge in [-0.05, 0) is 52.3 Å². The van der Waals surface area contributed by atoms with Crippen LogP contribution in [0.1, 0.15) is 40.2 Å². The van der Waals surface area contributed by atoms with Crippen molar-refractivity contribution in [3.8, 4) is 5.69 Å². The molecule has 1 aromatic heterocycles. The van der Waals surface area contributed by atoms with E-state index in [9.17, 15) is 4.79 Å². The van der Waals surface area contributed by atoms with Gasteiger partial charge in [0.2, 0.25) is 0 Å². The molecule has 2 aromatic rings. The Morgan fingerprint density at radius 1 is 1.21 bits per heavy atom. The number of hydrogen-bond acceptors (Lipinski definition) is 4. The number of nitrogens with zero attached hydrogens (tertiary/aromatic N) is 3. The van der Waals surface area contributed by atoms with E-state index in [1.165, 1.54) is 0 Å². The van der Waals surface area contributed by atoms with E-state index in [1.54, 1.807) is 28.9 Å². The van der Waals surface area contributed by atoms with Crippen LogP contribution < -0.4 is 5.73 Å². The Balaban J connectivity index is 2.30. The summed E-state index contributed by atoms with van der Waals surface area (Å²) in [5.74, 6) is 0.463. The van der Waals surface area contributed by atoms with Crippen molar-refractivity contribution in [2.45, 2.75) is 45.8 Å². The summed E-state index contributed by atoms with van der Waals surface area (Å²) < 4.78 is 7.19. The first-order valence-corrected chi connectivity index (χ1v) is 7.89. The number of rotatable bonds is 3. The first kappa shape index (κ1) is 17.8. The maximum atomic E-state index is 12.4. The summed E-state index contributed by atoms with van der Waals surface area (Å²) in [6.07, 6.45) is 1.44. The molecule has 0 saturated heterocycles. The van der Waals surface area contributed by atoms with Gasteiger partial charge in [0.25, 0.3) is 0 Å². The predicted octanol–water partition coefficient (Wildman–Crippen LogP) is 3.56. The summed E-state index contributed by atoms with van der Waals surface area (Å²) in [4.78, 5) is 14.0. The highest BCUT2D eigenvalue weighted by Crippen LogP contribution is 2.29. The first-order valence-electron chi connectivity index (χ1n) is 7.89. The van der Waals surface area contributed by atoms with Crippen LogP contribution in [-0.4, -0.2) is 33.4 Å². The molecule has 0 aliphatic heterocycles. The molecule has 0 aliphatic carbocycles. The zero-order valence-electron chi connectivity index (χ0n) is 15.2. The fraction of sp³-hybridized carbons (Fsp3) is 0.444. The molecule has 24 heavy (non-hydrogen) atoms. The van der Waals surface area contributed by atoms with Crippen LogP contribution in [-0.2, 0) is 10.3 Å². The van der Waals surface area contributed by atoms with Crippen LogP contribution in [0.3, 0.4) is 0 Å². The van der Waals surface area contributed by atoms with Gasteiger partial charge in [-0.25, -0.2) is 9.48 Å². The molecule has 6 heteroatoms. The SMILES string of the molecule is CN(C(=O)OC(C)(C)C)C(C)(C)c1cccc(-n2ccc(N)n2)c1. The van der Waals surface area contributed by atoms with Gasteiger partial charge in [0.15, 0.2) is 0 Å². The van der Waals surface area contributed by atoms with E-state index >= 15 is 0 Å². The van der Waals surface area contributed by atoms with Crippen LogP contribution in [0.5, 0.6) is 0 Å². The molecule has 0 atom stereocenters. The van der Waals surface area contributed by atoms with Gasteiger partial charge in [0.1, 0.15) is 11.4 Å². The maximum Gasteiger partial charge on any atom is 0.410 e. The second kappa shape index (κ2) is 6.19. The molecule has 1 aromatic carbocycles. The van der Waals surface area contributed by atoms with Crippen molar-refractivity contribution in [3.63, 3.8) is 0 Å². The number of nitrogens with two attached hydrogens (primary N) is 1. The Morgan fingerprint density at radius 3 is 2.42 bits per heavy atom. The van der Waals surface area contributed by atoms with E-state index in [0.29, 0.717) is 5.82 Å². The van der Waals surface area contributed by atoms with Gasteiger partial charge in [-0.2, -0.15) is 5.10 Å². The molecule has 1 amide bonds. The van der Waals surface area contributed by atoms with Crippen molar-refractivity contribution in [2.75, 3.05) is 12.8 Å². The van der Waals surface area contributed by atoms with Gasteiger partial charge in [-0.1, -0.05) is 12.1 Å². The van der Waals surface area contributed by atoms with Gasteiger partial charge in [0, 0.05) is 19.3 Å². The third-order valence-corrected chi connectivity index (χ3v) is 3.93. The normalized spacial score (nSPS) is 12.1. The molecule has 130 valence electrons. The fourth-order valence-corrected chi connectivity index (χ4v) is 2.26. The lowest BCUT2D eigenvalue weighted by atomic mass is 9.92. The van der Waals surface area contributed by atoms with Gasteiger partial charge in [-0.15, -0.1) is 0 Å². The van der Waals surface area contributed by atoms with Crippen LogP contribution in [0, 0.1) is 0 Å². The molecule has 0 bridgehead atoms. The molecule has 0 aliphatic rings. The summed E-state index contributed by atoms with van der Waals surface area (Å²) >= 11 is 0. The lowest BCUT2D eigenvalue weighted by Crippen LogP contribution is -2.45. The second-order valence-corrected chi connectivity index (χ2v) is 7.33. The molecular formula is C18H26N4O2. The minimum atomic E-state index is -0.545. The molecular weight excluding hydrogens is 304 g/mol. The third-order valence-electron chi connectivity index (χ3n) is 3.93. The standard InChI is InChI=1S/C18H26N4O2/c1-17(2,3)24-16(23)21(6)18(4,5)13-8-7-9-14(12-13)22-11-10-15(19)20-22/h7-12H,1-6H3,(H2,19,20). The number of carbonyl (C=O) groups excluding carboxylic acids is 1. The molecule has 0 unspecified atom stereocenters. The van der Waals surface area contributed by atoms with Crippen LogP contribution in [0.15, 0.2) is 36.5 Å². The number of nitrogen functional groups attached to an aromatic ring is 1. The minimum absolute atomic E-state index is 0.360. The zero-order valence-corrected chi connectivity index (χ0v) is 15.2. The summed E-state index contributed by atoms with van der Waals surface area (Å²) in [7, 11) is 1.74. The van der Waals surface area contributed by atoms with Crippen molar-refractivity contribution in [3.05, 3.63) is 42.1 Å². The highest BCUT2D eigenvalue weighted by atomic mass is 16.6. The second-order valence-electron chi connectivity index (χ2n) is 7.33. The van der Waals surface area contributed by atoms with Gasteiger partial charge < -0.3 is 15.4 Å². The summed E-state index contributed by atoms with van der Waals surface area (Å²) in [5.41, 5.74) is 6.47. The van der Waals surface area contributed by atoms with E-state index in [-0.39, 0.29) is 6.09 Å². The van der Waals surface area contributed by atoms with Crippen LogP contribution >= 0.6 is 0 Å². The van der Waals surface area contributed by atoms with Crippen molar-refractivity contribution in [1.29, 1.82) is 0 Å². The highest BCUT2D eigenvalue weighted by Gasteiger charge is 2.32. The van der Waals surface area contributed by atoms with Gasteiger partial charge in [0.05, 0.1) is 11.2 Å². The Hall–Kier alpha value is -2.50. The average Bonchev–Trinajstić information content (AvgIpc) is 2.91. The van der Waals surface area contributed by atoms with Gasteiger partial charge >= 0.3 is 6.09 Å². The molecule has 6 nitrogen and oxygen atoms in total. The van der Waals surface area contributed by atoms with Crippen molar-refractivity contribution in [2.24, 2.45) is 0 Å². The van der Waals surface area contributed by atoms with Crippen LogP contribution in [0.25, 0.3) is 5.69 Å². The lowest BCUT2D eigenvalue weighted by Gasteiger charge is -2.37. The van der Waals surface area contributed by atoms with E-state index < -0.39 is 11.1 Å². The number of carbonyl (C=O) groups is 1. The van der Waals surface area contributed by atoms with E-state index in [4.69, 9.17) is 10.5 Å². The Morgan fingerprint density at radius 2 is 1.88 bits per heavy atom. The topological polar surface area (TPSA) is 73.4 Å². The number of benzene rings is 1. The van der Waals surface area contributed by atoms with E-state index in [1.807, 2.05) is 58.9 Å². The van der Waals surface area contributed by atoms with Crippen molar-refractivity contribution in [1.82, 2.24) is 14.7 Å². The Labute approximate surface area is 143 Å². The first-order chi connectivity index (χ1) is 11.0. The monoisotopic (exact) mass is 330 g/mol. The summed E-state index contributed by atoms with van der Waals surface area (Å²) in [6.45, 7) is 9.53. The quantitative estimate of drug-likeness (QED) is 0.934. The van der Waals surface area contributed by atoms with Crippen LogP contribution in [0.2, 0.25) is 0 Å². The van der Waals surface area contributed by atoms with E-state index in [0.717, 1.165) is 11.3 Å².